The van der Waals surface area contributed by atoms with E-state index in [9.17, 15) is 9.90 Å². The third kappa shape index (κ3) is 2.94. The Bertz CT molecular complexity index is 514. The second-order valence-corrected chi connectivity index (χ2v) is 5.62. The largest absolute Gasteiger partial charge is 0.479 e. The quantitative estimate of drug-likeness (QED) is 0.908. The summed E-state index contributed by atoms with van der Waals surface area (Å²) in [6, 6.07) is 9.60. The lowest BCUT2D eigenvalue weighted by Gasteiger charge is -2.23. The highest BCUT2D eigenvalue weighted by Crippen LogP contribution is 2.39. The number of fused-ring (bicyclic) bond motifs is 1. The molecule has 3 rings (SSSR count). The van der Waals surface area contributed by atoms with Crippen LogP contribution in [0.3, 0.4) is 0 Å². The molecule has 0 spiro atoms. The summed E-state index contributed by atoms with van der Waals surface area (Å²) in [5.41, 5.74) is 0.981. The van der Waals surface area contributed by atoms with Crippen molar-refractivity contribution in [1.82, 2.24) is 0 Å². The molecule has 21 heavy (non-hydrogen) atoms. The molecule has 114 valence electrons. The third-order valence-electron chi connectivity index (χ3n) is 3.51. The zero-order chi connectivity index (χ0) is 15.0. The van der Waals surface area contributed by atoms with Gasteiger partial charge in [-0.3, -0.25) is 0 Å². The van der Waals surface area contributed by atoms with E-state index >= 15 is 0 Å². The molecule has 0 radical (unpaired) electrons. The molecule has 1 aromatic carbocycles. The summed E-state index contributed by atoms with van der Waals surface area (Å²) in [7, 11) is 0. The van der Waals surface area contributed by atoms with Crippen LogP contribution in [0.5, 0.6) is 0 Å². The lowest BCUT2D eigenvalue weighted by molar-refractivity contribution is -0.237. The fraction of sp³-hybridized carbons (Fsp3) is 0.533. The van der Waals surface area contributed by atoms with Gasteiger partial charge in [-0.05, 0) is 19.4 Å². The van der Waals surface area contributed by atoms with E-state index < -0.39 is 36.4 Å². The summed E-state index contributed by atoms with van der Waals surface area (Å²) < 4.78 is 22.5. The van der Waals surface area contributed by atoms with Gasteiger partial charge in [-0.15, -0.1) is 0 Å². The predicted molar refractivity (Wildman–Crippen MR) is 71.4 cm³/mol. The van der Waals surface area contributed by atoms with Crippen molar-refractivity contribution in [3.8, 4) is 0 Å². The molecule has 6 heteroatoms. The normalized spacial score (nSPS) is 33.8. The molecule has 0 saturated carbocycles. The van der Waals surface area contributed by atoms with E-state index in [1.165, 1.54) is 0 Å². The molecule has 6 nitrogen and oxygen atoms in total. The van der Waals surface area contributed by atoms with Gasteiger partial charge < -0.3 is 24.1 Å². The second kappa shape index (κ2) is 5.38. The molecule has 2 aliphatic heterocycles. The van der Waals surface area contributed by atoms with Crippen LogP contribution < -0.4 is 0 Å². The first-order valence-electron chi connectivity index (χ1n) is 6.86. The van der Waals surface area contributed by atoms with Gasteiger partial charge >= 0.3 is 5.97 Å². The lowest BCUT2D eigenvalue weighted by atomic mass is 10.1. The predicted octanol–water partition coefficient (Wildman–Crippen LogP) is 1.53. The van der Waals surface area contributed by atoms with Gasteiger partial charge in [0.25, 0.3) is 0 Å². The van der Waals surface area contributed by atoms with Gasteiger partial charge in [0, 0.05) is 0 Å². The Hall–Kier alpha value is -1.47. The van der Waals surface area contributed by atoms with Crippen LogP contribution >= 0.6 is 0 Å². The molecular weight excluding hydrogens is 276 g/mol. The molecule has 0 aliphatic carbocycles. The van der Waals surface area contributed by atoms with Crippen molar-refractivity contribution in [2.45, 2.75) is 50.8 Å². The maximum absolute atomic E-state index is 11.3. The number of rotatable bonds is 4. The first-order chi connectivity index (χ1) is 9.96. The zero-order valence-corrected chi connectivity index (χ0v) is 11.9. The van der Waals surface area contributed by atoms with Crippen molar-refractivity contribution < 1.29 is 28.8 Å². The average molecular weight is 294 g/mol. The fourth-order valence-corrected chi connectivity index (χ4v) is 2.65. The van der Waals surface area contributed by atoms with Crippen LogP contribution in [-0.2, 0) is 30.3 Å². The molecule has 2 saturated heterocycles. The molecular formula is C15H18O6. The number of hydrogen-bond acceptors (Lipinski definition) is 5. The number of aliphatic carboxylic acids is 1. The molecule has 0 aromatic heterocycles. The number of carboxylic acid groups (broad SMARTS) is 1. The zero-order valence-electron chi connectivity index (χ0n) is 11.9. The van der Waals surface area contributed by atoms with Crippen LogP contribution in [0.1, 0.15) is 19.4 Å². The summed E-state index contributed by atoms with van der Waals surface area (Å²) in [6.45, 7) is 3.82. The monoisotopic (exact) mass is 294 g/mol. The number of benzene rings is 1. The Labute approximate surface area is 122 Å². The van der Waals surface area contributed by atoms with Gasteiger partial charge in [-0.1, -0.05) is 30.3 Å². The Balaban J connectivity index is 1.69. The van der Waals surface area contributed by atoms with Gasteiger partial charge in [0.05, 0.1) is 6.61 Å². The van der Waals surface area contributed by atoms with Crippen LogP contribution in [0.2, 0.25) is 0 Å². The number of ether oxygens (including phenoxy) is 4. The van der Waals surface area contributed by atoms with Crippen molar-refractivity contribution in [2.75, 3.05) is 0 Å². The highest BCUT2D eigenvalue weighted by atomic mass is 16.8. The molecule has 2 heterocycles. The van der Waals surface area contributed by atoms with Crippen molar-refractivity contribution in [3.63, 3.8) is 0 Å². The molecule has 1 N–H and O–H groups in total. The van der Waals surface area contributed by atoms with Gasteiger partial charge in [0.2, 0.25) is 0 Å². The van der Waals surface area contributed by atoms with Gasteiger partial charge in [-0.2, -0.15) is 0 Å². The average Bonchev–Trinajstić information content (AvgIpc) is 2.91. The molecule has 2 fully saturated rings. The summed E-state index contributed by atoms with van der Waals surface area (Å²) >= 11 is 0. The second-order valence-electron chi connectivity index (χ2n) is 5.62. The van der Waals surface area contributed by atoms with E-state index in [0.717, 1.165) is 5.56 Å². The summed E-state index contributed by atoms with van der Waals surface area (Å²) in [5.74, 6) is -1.90. The molecule has 2 aliphatic rings. The number of carboxylic acids is 1. The molecule has 4 atom stereocenters. The van der Waals surface area contributed by atoms with Crippen molar-refractivity contribution in [2.24, 2.45) is 0 Å². The van der Waals surface area contributed by atoms with Crippen molar-refractivity contribution in [3.05, 3.63) is 35.9 Å². The first kappa shape index (κ1) is 14.5. The van der Waals surface area contributed by atoms with E-state index in [-0.39, 0.29) is 0 Å². The smallest absolute Gasteiger partial charge is 0.335 e. The van der Waals surface area contributed by atoms with Crippen LogP contribution in [-0.4, -0.2) is 41.5 Å². The van der Waals surface area contributed by atoms with Gasteiger partial charge in [0.15, 0.2) is 18.2 Å². The highest BCUT2D eigenvalue weighted by Gasteiger charge is 2.58. The van der Waals surface area contributed by atoms with Crippen LogP contribution in [0.4, 0.5) is 0 Å². The van der Waals surface area contributed by atoms with E-state index in [4.69, 9.17) is 18.9 Å². The molecule has 1 aromatic rings. The number of hydrogen-bond donors (Lipinski definition) is 1. The van der Waals surface area contributed by atoms with E-state index in [1.807, 2.05) is 30.3 Å². The van der Waals surface area contributed by atoms with Crippen LogP contribution in [0.25, 0.3) is 0 Å². The minimum atomic E-state index is -1.07. The summed E-state index contributed by atoms with van der Waals surface area (Å²) in [4.78, 5) is 11.3. The van der Waals surface area contributed by atoms with E-state index in [1.54, 1.807) is 13.8 Å². The van der Waals surface area contributed by atoms with E-state index in [0.29, 0.717) is 6.61 Å². The maximum Gasteiger partial charge on any atom is 0.335 e. The number of carbonyl (C=O) groups is 1. The minimum Gasteiger partial charge on any atom is -0.479 e. The van der Waals surface area contributed by atoms with Crippen molar-refractivity contribution >= 4 is 5.97 Å². The van der Waals surface area contributed by atoms with Gasteiger partial charge in [0.1, 0.15) is 12.2 Å². The Morgan fingerprint density at radius 1 is 1.24 bits per heavy atom. The third-order valence-corrected chi connectivity index (χ3v) is 3.51. The minimum absolute atomic E-state index is 0.324. The fourth-order valence-electron chi connectivity index (χ4n) is 2.65. The summed E-state index contributed by atoms with van der Waals surface area (Å²) in [6.07, 6.45) is -3.02. The maximum atomic E-state index is 11.3. The topological polar surface area (TPSA) is 74.2 Å². The Morgan fingerprint density at radius 2 is 1.90 bits per heavy atom. The van der Waals surface area contributed by atoms with Crippen LogP contribution in [0.15, 0.2) is 30.3 Å². The first-order valence-corrected chi connectivity index (χ1v) is 6.86. The van der Waals surface area contributed by atoms with E-state index in [2.05, 4.69) is 0 Å². The SMILES string of the molecule is CC1(C)OC2C(C(=O)O)OC(OCc3ccccc3)[C@@H]2O1. The Morgan fingerprint density at radius 3 is 2.57 bits per heavy atom. The van der Waals surface area contributed by atoms with Crippen molar-refractivity contribution in [1.29, 1.82) is 0 Å². The lowest BCUT2D eigenvalue weighted by Crippen LogP contribution is -2.35. The highest BCUT2D eigenvalue weighted by molar-refractivity contribution is 5.73. The molecule has 0 amide bonds. The standard InChI is InChI=1S/C15H18O6/c1-15(2)20-10-11(13(16)17)19-14(12(10)21-15)18-8-9-6-4-3-5-7-9/h3-7,10-12,14H,8H2,1-2H3,(H,16,17)/t10?,11?,12-,14?/m1/s1. The molecule has 3 unspecified atom stereocenters. The van der Waals surface area contributed by atoms with Crippen LogP contribution in [0, 0.1) is 0 Å². The molecule has 0 bridgehead atoms. The van der Waals surface area contributed by atoms with Gasteiger partial charge in [-0.25, -0.2) is 4.79 Å². The summed E-state index contributed by atoms with van der Waals surface area (Å²) in [5, 5.41) is 9.22. The Kier molecular flexibility index (Phi) is 3.71.